The number of rotatable bonds is 2. The zero-order valence-corrected chi connectivity index (χ0v) is 16.2. The highest BCUT2D eigenvalue weighted by atomic mass is 19.2. The van der Waals surface area contributed by atoms with E-state index in [0.29, 0.717) is 17.5 Å². The predicted octanol–water partition coefficient (Wildman–Crippen LogP) is 3.25. The van der Waals surface area contributed by atoms with Crippen LogP contribution in [0.4, 0.5) is 13.2 Å². The second-order valence-corrected chi connectivity index (χ2v) is 7.39. The molecule has 0 saturated carbocycles. The second-order valence-electron chi connectivity index (χ2n) is 7.39. The number of nitrogens with zero attached hydrogens (tertiary/aromatic N) is 5. The summed E-state index contributed by atoms with van der Waals surface area (Å²) in [5.41, 5.74) is 1.26. The topological polar surface area (TPSA) is 90.6 Å². The van der Waals surface area contributed by atoms with Crippen LogP contribution in [0.25, 0.3) is 28.1 Å². The number of H-pyrrole nitrogens is 1. The number of fused-ring (bicyclic) bond motifs is 3. The predicted molar refractivity (Wildman–Crippen MR) is 107 cm³/mol. The number of imidazole rings is 2. The molecular weight excluding hydrogens is 425 g/mol. The Morgan fingerprint density at radius 2 is 1.94 bits per heavy atom. The molecule has 1 unspecified atom stereocenters. The summed E-state index contributed by atoms with van der Waals surface area (Å²) in [6.07, 6.45) is 3.20. The minimum Gasteiger partial charge on any atom is -0.490 e. The maximum absolute atomic E-state index is 14.2. The quantitative estimate of drug-likeness (QED) is 0.457. The second kappa shape index (κ2) is 6.67. The van der Waals surface area contributed by atoms with Gasteiger partial charge in [-0.15, -0.1) is 0 Å². The standard InChI is InChI=1S/C21H13F3N6O2/c22-11-3-1-2-10-16(4-5-32-18(10)11)30-19-15(27-21(30)31)8-25-20(28-19)29-9-26-14-6-12(23)13(24)7-17(14)29/h1-3,6-9,16H,4-5H2,(H,27,31). The number of hydrogen-bond acceptors (Lipinski definition) is 5. The molecule has 2 aromatic carbocycles. The normalized spacial score (nSPS) is 15.8. The van der Waals surface area contributed by atoms with Gasteiger partial charge in [-0.2, -0.15) is 4.98 Å². The van der Waals surface area contributed by atoms with Crippen LogP contribution in [0.15, 0.2) is 47.7 Å². The van der Waals surface area contributed by atoms with E-state index in [4.69, 9.17) is 4.74 Å². The molecule has 0 bridgehead atoms. The van der Waals surface area contributed by atoms with Gasteiger partial charge in [0.15, 0.2) is 28.8 Å². The summed E-state index contributed by atoms with van der Waals surface area (Å²) in [4.78, 5) is 28.3. The number of aromatic nitrogens is 6. The number of halogens is 3. The summed E-state index contributed by atoms with van der Waals surface area (Å²) in [5.74, 6) is -2.32. The van der Waals surface area contributed by atoms with Crippen LogP contribution in [0, 0.1) is 17.5 Å². The number of nitrogens with one attached hydrogen (secondary N) is 1. The zero-order valence-electron chi connectivity index (χ0n) is 16.2. The average Bonchev–Trinajstić information content (AvgIpc) is 3.33. The van der Waals surface area contributed by atoms with E-state index < -0.39 is 29.2 Å². The maximum atomic E-state index is 14.2. The molecule has 3 aromatic heterocycles. The molecule has 0 saturated heterocycles. The van der Waals surface area contributed by atoms with Crippen molar-refractivity contribution in [1.82, 2.24) is 29.1 Å². The minimum atomic E-state index is -1.03. The lowest BCUT2D eigenvalue weighted by Gasteiger charge is -2.26. The molecule has 0 spiro atoms. The lowest BCUT2D eigenvalue weighted by Crippen LogP contribution is -2.28. The summed E-state index contributed by atoms with van der Waals surface area (Å²) in [7, 11) is 0. The molecule has 8 nitrogen and oxygen atoms in total. The molecule has 4 heterocycles. The van der Waals surface area contributed by atoms with E-state index in [1.54, 1.807) is 12.1 Å². The van der Waals surface area contributed by atoms with Gasteiger partial charge in [-0.1, -0.05) is 12.1 Å². The highest BCUT2D eigenvalue weighted by Gasteiger charge is 2.29. The molecule has 1 N–H and O–H groups in total. The van der Waals surface area contributed by atoms with Crippen molar-refractivity contribution >= 4 is 22.2 Å². The lowest BCUT2D eigenvalue weighted by molar-refractivity contribution is 0.244. The van der Waals surface area contributed by atoms with Crippen molar-refractivity contribution in [3.63, 3.8) is 0 Å². The fourth-order valence-electron chi connectivity index (χ4n) is 4.11. The molecule has 5 aromatic rings. The van der Waals surface area contributed by atoms with E-state index in [2.05, 4.69) is 19.9 Å². The molecule has 32 heavy (non-hydrogen) atoms. The first-order valence-electron chi connectivity index (χ1n) is 9.72. The Morgan fingerprint density at radius 1 is 1.09 bits per heavy atom. The van der Waals surface area contributed by atoms with Crippen LogP contribution in [0.3, 0.4) is 0 Å². The molecular formula is C21H13F3N6O2. The Labute approximate surface area is 176 Å². The lowest BCUT2D eigenvalue weighted by atomic mass is 10.00. The van der Waals surface area contributed by atoms with Gasteiger partial charge in [0.05, 0.1) is 29.9 Å². The molecule has 1 aliphatic heterocycles. The number of benzene rings is 2. The minimum absolute atomic E-state index is 0.109. The SMILES string of the molecule is O=c1[nH]c2cnc(-n3cnc4cc(F)c(F)cc43)nc2n1C1CCOc2c(F)cccc21. The molecule has 0 fully saturated rings. The van der Waals surface area contributed by atoms with Crippen molar-refractivity contribution in [3.05, 3.63) is 76.4 Å². The van der Waals surface area contributed by atoms with Gasteiger partial charge >= 0.3 is 5.69 Å². The van der Waals surface area contributed by atoms with Crippen molar-refractivity contribution < 1.29 is 17.9 Å². The number of ether oxygens (including phenoxy) is 1. The Morgan fingerprint density at radius 3 is 2.81 bits per heavy atom. The van der Waals surface area contributed by atoms with E-state index in [9.17, 15) is 18.0 Å². The van der Waals surface area contributed by atoms with Crippen molar-refractivity contribution in [2.24, 2.45) is 0 Å². The summed E-state index contributed by atoms with van der Waals surface area (Å²) in [6, 6.07) is 6.04. The van der Waals surface area contributed by atoms with Crippen LogP contribution < -0.4 is 10.4 Å². The van der Waals surface area contributed by atoms with Crippen molar-refractivity contribution in [3.8, 4) is 11.7 Å². The van der Waals surface area contributed by atoms with Crippen LogP contribution in [-0.4, -0.2) is 35.7 Å². The maximum Gasteiger partial charge on any atom is 0.328 e. The Bertz CT molecular complexity index is 1590. The highest BCUT2D eigenvalue weighted by Crippen LogP contribution is 2.36. The van der Waals surface area contributed by atoms with Gasteiger partial charge in [-0.3, -0.25) is 9.13 Å². The molecule has 1 aliphatic rings. The van der Waals surface area contributed by atoms with Gasteiger partial charge < -0.3 is 9.72 Å². The van der Waals surface area contributed by atoms with Crippen molar-refractivity contribution in [2.45, 2.75) is 12.5 Å². The molecule has 6 rings (SSSR count). The summed E-state index contributed by atoms with van der Waals surface area (Å²) in [6.45, 7) is 0.229. The van der Waals surface area contributed by atoms with Crippen molar-refractivity contribution in [1.29, 1.82) is 0 Å². The van der Waals surface area contributed by atoms with Crippen LogP contribution in [-0.2, 0) is 0 Å². The third-order valence-electron chi connectivity index (χ3n) is 5.56. The van der Waals surface area contributed by atoms with Gasteiger partial charge in [0, 0.05) is 24.1 Å². The fraction of sp³-hybridized carbons (Fsp3) is 0.143. The Balaban J connectivity index is 1.55. The first-order chi connectivity index (χ1) is 15.5. The molecule has 11 heteroatoms. The summed E-state index contributed by atoms with van der Waals surface area (Å²) >= 11 is 0. The third-order valence-corrected chi connectivity index (χ3v) is 5.56. The van der Waals surface area contributed by atoms with E-state index in [1.165, 1.54) is 27.7 Å². The van der Waals surface area contributed by atoms with E-state index in [1.807, 2.05) is 0 Å². The molecule has 0 radical (unpaired) electrons. The van der Waals surface area contributed by atoms with E-state index in [-0.39, 0.29) is 35.0 Å². The number of aromatic amines is 1. The van der Waals surface area contributed by atoms with Crippen LogP contribution in [0.1, 0.15) is 18.0 Å². The van der Waals surface area contributed by atoms with Crippen LogP contribution in [0.5, 0.6) is 5.75 Å². The molecule has 160 valence electrons. The number of para-hydroxylation sites is 1. The molecule has 1 atom stereocenters. The Kier molecular flexibility index (Phi) is 3.88. The summed E-state index contributed by atoms with van der Waals surface area (Å²) < 4.78 is 49.9. The first-order valence-corrected chi connectivity index (χ1v) is 9.72. The largest absolute Gasteiger partial charge is 0.490 e. The third kappa shape index (κ3) is 2.63. The van der Waals surface area contributed by atoms with E-state index in [0.717, 1.165) is 12.1 Å². The van der Waals surface area contributed by atoms with Gasteiger partial charge in [0.25, 0.3) is 0 Å². The summed E-state index contributed by atoms with van der Waals surface area (Å²) in [5, 5.41) is 0. The van der Waals surface area contributed by atoms with Crippen LogP contribution >= 0.6 is 0 Å². The van der Waals surface area contributed by atoms with Gasteiger partial charge in [0.1, 0.15) is 11.8 Å². The van der Waals surface area contributed by atoms with Gasteiger partial charge in [-0.25, -0.2) is 27.9 Å². The molecule has 0 aliphatic carbocycles. The fourth-order valence-corrected chi connectivity index (χ4v) is 4.11. The highest BCUT2D eigenvalue weighted by molar-refractivity contribution is 5.77. The molecule has 0 amide bonds. The van der Waals surface area contributed by atoms with Gasteiger partial charge in [0.2, 0.25) is 5.95 Å². The average molecular weight is 438 g/mol. The Hall–Kier alpha value is -4.15. The zero-order chi connectivity index (χ0) is 22.0. The monoisotopic (exact) mass is 438 g/mol. The van der Waals surface area contributed by atoms with Crippen molar-refractivity contribution in [2.75, 3.05) is 6.61 Å². The number of hydrogen-bond donors (Lipinski definition) is 1. The first kappa shape index (κ1) is 18.6. The van der Waals surface area contributed by atoms with Crippen LogP contribution in [0.2, 0.25) is 0 Å². The van der Waals surface area contributed by atoms with E-state index >= 15 is 0 Å². The smallest absolute Gasteiger partial charge is 0.328 e. The van der Waals surface area contributed by atoms with Gasteiger partial charge in [-0.05, 0) is 6.07 Å².